The van der Waals surface area contributed by atoms with Crippen LogP contribution in [-0.4, -0.2) is 44.0 Å². The van der Waals surface area contributed by atoms with Crippen molar-refractivity contribution in [1.29, 1.82) is 0 Å². The van der Waals surface area contributed by atoms with Crippen LogP contribution in [0.15, 0.2) is 24.3 Å². The molecule has 1 aliphatic heterocycles. The predicted molar refractivity (Wildman–Crippen MR) is 94.6 cm³/mol. The van der Waals surface area contributed by atoms with Crippen LogP contribution in [-0.2, 0) is 11.3 Å². The van der Waals surface area contributed by atoms with Gasteiger partial charge in [0.15, 0.2) is 0 Å². The van der Waals surface area contributed by atoms with E-state index in [0.717, 1.165) is 19.0 Å². The first-order valence-electron chi connectivity index (χ1n) is 9.00. The Balaban J connectivity index is 1.43. The van der Waals surface area contributed by atoms with E-state index in [4.69, 9.17) is 0 Å². The zero-order chi connectivity index (χ0) is 16.1. The summed E-state index contributed by atoms with van der Waals surface area (Å²) >= 11 is 0. The SMILES string of the molecule is CN(CC(=O)NCC1CC1)Cc1ccc(N2CCCCC2)cc1. The first kappa shape index (κ1) is 16.3. The van der Waals surface area contributed by atoms with Gasteiger partial charge in [-0.15, -0.1) is 0 Å². The van der Waals surface area contributed by atoms with Gasteiger partial charge in [0.2, 0.25) is 5.91 Å². The van der Waals surface area contributed by atoms with E-state index in [-0.39, 0.29) is 5.91 Å². The Hall–Kier alpha value is -1.55. The molecular formula is C19H29N3O. The van der Waals surface area contributed by atoms with E-state index in [0.29, 0.717) is 6.54 Å². The molecule has 4 nitrogen and oxygen atoms in total. The predicted octanol–water partition coefficient (Wildman–Crippen LogP) is 2.63. The highest BCUT2D eigenvalue weighted by Crippen LogP contribution is 2.27. The molecule has 0 atom stereocenters. The van der Waals surface area contributed by atoms with Gasteiger partial charge in [-0.05, 0) is 62.8 Å². The van der Waals surface area contributed by atoms with Gasteiger partial charge in [-0.2, -0.15) is 0 Å². The molecule has 2 fully saturated rings. The first-order chi connectivity index (χ1) is 11.2. The third-order valence-electron chi connectivity index (χ3n) is 4.81. The monoisotopic (exact) mass is 315 g/mol. The van der Waals surface area contributed by atoms with Crippen molar-refractivity contribution in [2.24, 2.45) is 5.92 Å². The average molecular weight is 315 g/mol. The molecule has 1 amide bonds. The number of hydrogen-bond donors (Lipinski definition) is 1. The fourth-order valence-corrected chi connectivity index (χ4v) is 3.21. The van der Waals surface area contributed by atoms with E-state index in [9.17, 15) is 4.79 Å². The molecule has 23 heavy (non-hydrogen) atoms. The van der Waals surface area contributed by atoms with E-state index >= 15 is 0 Å². The van der Waals surface area contributed by atoms with Crippen molar-refractivity contribution < 1.29 is 4.79 Å². The van der Waals surface area contributed by atoms with Gasteiger partial charge in [-0.1, -0.05) is 12.1 Å². The molecule has 4 heteroatoms. The van der Waals surface area contributed by atoms with Crippen LogP contribution in [0.2, 0.25) is 0 Å². The van der Waals surface area contributed by atoms with Gasteiger partial charge in [-0.3, -0.25) is 9.69 Å². The van der Waals surface area contributed by atoms with Crippen LogP contribution in [0.1, 0.15) is 37.7 Å². The van der Waals surface area contributed by atoms with Crippen molar-refractivity contribution in [3.63, 3.8) is 0 Å². The number of nitrogens with one attached hydrogen (secondary N) is 1. The molecular weight excluding hydrogens is 286 g/mol. The van der Waals surface area contributed by atoms with Crippen LogP contribution in [0.4, 0.5) is 5.69 Å². The maximum atomic E-state index is 11.9. The van der Waals surface area contributed by atoms with Crippen LogP contribution >= 0.6 is 0 Å². The molecule has 1 N–H and O–H groups in total. The second-order valence-electron chi connectivity index (χ2n) is 7.13. The van der Waals surface area contributed by atoms with Gasteiger partial charge in [-0.25, -0.2) is 0 Å². The number of nitrogens with zero attached hydrogens (tertiary/aromatic N) is 2. The van der Waals surface area contributed by atoms with E-state index in [2.05, 4.69) is 39.4 Å². The molecule has 1 saturated carbocycles. The number of benzene rings is 1. The molecule has 2 aliphatic rings. The molecule has 1 saturated heterocycles. The summed E-state index contributed by atoms with van der Waals surface area (Å²) in [6.45, 7) is 4.51. The van der Waals surface area contributed by atoms with Crippen molar-refractivity contribution in [2.45, 2.75) is 38.6 Å². The number of rotatable bonds is 7. The minimum atomic E-state index is 0.143. The summed E-state index contributed by atoms with van der Waals surface area (Å²) in [6.07, 6.45) is 6.53. The number of carbonyl (C=O) groups is 1. The van der Waals surface area contributed by atoms with Crippen LogP contribution in [0, 0.1) is 5.92 Å². The number of hydrogen-bond acceptors (Lipinski definition) is 3. The summed E-state index contributed by atoms with van der Waals surface area (Å²) in [5.41, 5.74) is 2.60. The molecule has 0 spiro atoms. The normalized spacial score (nSPS) is 18.3. The largest absolute Gasteiger partial charge is 0.372 e. The minimum Gasteiger partial charge on any atom is -0.372 e. The van der Waals surface area contributed by atoms with Gasteiger partial charge < -0.3 is 10.2 Å². The second kappa shape index (κ2) is 7.82. The highest BCUT2D eigenvalue weighted by molar-refractivity contribution is 5.78. The summed E-state index contributed by atoms with van der Waals surface area (Å²) in [5.74, 6) is 0.885. The maximum absolute atomic E-state index is 11.9. The van der Waals surface area contributed by atoms with Crippen LogP contribution in [0.3, 0.4) is 0 Å². The number of amides is 1. The smallest absolute Gasteiger partial charge is 0.234 e. The molecule has 1 aromatic carbocycles. The summed E-state index contributed by atoms with van der Waals surface area (Å²) in [5, 5.41) is 3.03. The zero-order valence-corrected chi connectivity index (χ0v) is 14.3. The molecule has 3 rings (SSSR count). The number of anilines is 1. The van der Waals surface area contributed by atoms with Crippen molar-refractivity contribution in [3.8, 4) is 0 Å². The molecule has 0 aromatic heterocycles. The minimum absolute atomic E-state index is 0.143. The lowest BCUT2D eigenvalue weighted by Crippen LogP contribution is -2.35. The topological polar surface area (TPSA) is 35.6 Å². The fourth-order valence-electron chi connectivity index (χ4n) is 3.21. The lowest BCUT2D eigenvalue weighted by molar-refractivity contribution is -0.122. The Morgan fingerprint density at radius 3 is 2.52 bits per heavy atom. The lowest BCUT2D eigenvalue weighted by Gasteiger charge is -2.29. The van der Waals surface area contributed by atoms with E-state index in [1.54, 1.807) is 0 Å². The van der Waals surface area contributed by atoms with Crippen molar-refractivity contribution in [1.82, 2.24) is 10.2 Å². The van der Waals surface area contributed by atoms with Gasteiger partial charge in [0.1, 0.15) is 0 Å². The van der Waals surface area contributed by atoms with Gasteiger partial charge in [0.25, 0.3) is 0 Å². The Kier molecular flexibility index (Phi) is 5.55. The standard InChI is InChI=1S/C19H29N3O/c1-21(15-19(23)20-13-16-5-6-16)14-17-7-9-18(10-8-17)22-11-3-2-4-12-22/h7-10,16H,2-6,11-15H2,1H3,(H,20,23). The lowest BCUT2D eigenvalue weighted by atomic mass is 10.1. The number of likely N-dealkylation sites (N-methyl/N-ethyl adjacent to an activating group) is 1. The molecule has 0 unspecified atom stereocenters. The Morgan fingerprint density at radius 2 is 1.87 bits per heavy atom. The quantitative estimate of drug-likeness (QED) is 0.840. The summed E-state index contributed by atoms with van der Waals surface area (Å²) in [7, 11) is 2.01. The molecule has 126 valence electrons. The molecule has 0 bridgehead atoms. The molecule has 1 heterocycles. The Bertz CT molecular complexity index is 504. The third kappa shape index (κ3) is 5.24. The van der Waals surface area contributed by atoms with E-state index < -0.39 is 0 Å². The summed E-state index contributed by atoms with van der Waals surface area (Å²) in [4.78, 5) is 16.4. The zero-order valence-electron chi connectivity index (χ0n) is 14.3. The maximum Gasteiger partial charge on any atom is 0.234 e. The molecule has 0 radical (unpaired) electrons. The van der Waals surface area contributed by atoms with Crippen LogP contribution in [0.25, 0.3) is 0 Å². The highest BCUT2D eigenvalue weighted by Gasteiger charge is 2.21. The third-order valence-corrected chi connectivity index (χ3v) is 4.81. The van der Waals surface area contributed by atoms with Gasteiger partial charge in [0.05, 0.1) is 6.54 Å². The Labute approximate surface area is 139 Å². The van der Waals surface area contributed by atoms with Crippen LogP contribution in [0.5, 0.6) is 0 Å². The van der Waals surface area contributed by atoms with Crippen molar-refractivity contribution in [3.05, 3.63) is 29.8 Å². The second-order valence-corrected chi connectivity index (χ2v) is 7.13. The molecule has 1 aliphatic carbocycles. The fraction of sp³-hybridized carbons (Fsp3) is 0.632. The van der Waals surface area contributed by atoms with E-state index in [1.807, 2.05) is 7.05 Å². The van der Waals surface area contributed by atoms with E-state index in [1.165, 1.54) is 56.4 Å². The number of piperidine rings is 1. The van der Waals surface area contributed by atoms with Gasteiger partial charge in [0, 0.05) is 31.9 Å². The highest BCUT2D eigenvalue weighted by atomic mass is 16.2. The number of carbonyl (C=O) groups excluding carboxylic acids is 1. The van der Waals surface area contributed by atoms with Crippen LogP contribution < -0.4 is 10.2 Å². The average Bonchev–Trinajstić information content (AvgIpc) is 3.39. The van der Waals surface area contributed by atoms with Crippen molar-refractivity contribution in [2.75, 3.05) is 38.1 Å². The summed E-state index contributed by atoms with van der Waals surface area (Å²) in [6, 6.07) is 8.84. The van der Waals surface area contributed by atoms with Crippen molar-refractivity contribution >= 4 is 11.6 Å². The molecule has 1 aromatic rings. The van der Waals surface area contributed by atoms with Gasteiger partial charge >= 0.3 is 0 Å². The Morgan fingerprint density at radius 1 is 1.17 bits per heavy atom. The summed E-state index contributed by atoms with van der Waals surface area (Å²) < 4.78 is 0. The first-order valence-corrected chi connectivity index (χ1v) is 9.00.